The lowest BCUT2D eigenvalue weighted by Crippen LogP contribution is -2.22. The van der Waals surface area contributed by atoms with Gasteiger partial charge in [0.2, 0.25) is 0 Å². The predicted octanol–water partition coefficient (Wildman–Crippen LogP) is 3.90. The van der Waals surface area contributed by atoms with Crippen LogP contribution in [0.2, 0.25) is 0 Å². The van der Waals surface area contributed by atoms with E-state index in [1.165, 1.54) is 16.8 Å². The third kappa shape index (κ3) is 2.74. The molecule has 1 atom stereocenters. The molecule has 0 saturated carbocycles. The molecule has 0 fully saturated rings. The van der Waals surface area contributed by atoms with Gasteiger partial charge >= 0.3 is 0 Å². The predicted molar refractivity (Wildman–Crippen MR) is 88.0 cm³/mol. The molecule has 2 nitrogen and oxygen atoms in total. The minimum absolute atomic E-state index is 0.573. The van der Waals surface area contributed by atoms with Gasteiger partial charge in [-0.3, -0.25) is 0 Å². The monoisotopic (exact) mass is 330 g/mol. The fraction of sp³-hybridized carbons (Fsp3) is 0.294. The summed E-state index contributed by atoms with van der Waals surface area (Å²) in [4.78, 5) is 2.47. The van der Waals surface area contributed by atoms with Crippen LogP contribution in [0, 0.1) is 0 Å². The molecule has 0 amide bonds. The standard InChI is InChI=1S/C17H19BrN2/c18-15-5-3-4-13(10-15)11-20-12-14(8-9-19)16-6-1-2-7-17(16)20/h1-7,10,14H,8-9,11-12,19H2. The Morgan fingerprint density at radius 3 is 2.80 bits per heavy atom. The van der Waals surface area contributed by atoms with Gasteiger partial charge in [-0.25, -0.2) is 0 Å². The van der Waals surface area contributed by atoms with Crippen molar-refractivity contribution in [3.8, 4) is 0 Å². The Morgan fingerprint density at radius 2 is 2.00 bits per heavy atom. The molecule has 1 unspecified atom stereocenters. The molecule has 1 aliphatic heterocycles. The van der Waals surface area contributed by atoms with Crippen molar-refractivity contribution in [3.63, 3.8) is 0 Å². The maximum atomic E-state index is 5.76. The molecule has 1 heterocycles. The summed E-state index contributed by atoms with van der Waals surface area (Å²) >= 11 is 3.54. The molecule has 20 heavy (non-hydrogen) atoms. The van der Waals surface area contributed by atoms with E-state index in [1.807, 2.05) is 0 Å². The summed E-state index contributed by atoms with van der Waals surface area (Å²) in [5, 5.41) is 0. The SMILES string of the molecule is NCCC1CN(Cc2cccc(Br)c2)c2ccccc21. The fourth-order valence-electron chi connectivity index (χ4n) is 3.04. The lowest BCUT2D eigenvalue weighted by Gasteiger charge is -2.20. The molecule has 0 aliphatic carbocycles. The summed E-state index contributed by atoms with van der Waals surface area (Å²) in [6, 6.07) is 17.3. The van der Waals surface area contributed by atoms with Crippen LogP contribution in [0.15, 0.2) is 53.0 Å². The minimum atomic E-state index is 0.573. The highest BCUT2D eigenvalue weighted by Gasteiger charge is 2.27. The van der Waals surface area contributed by atoms with Crippen molar-refractivity contribution in [3.05, 3.63) is 64.1 Å². The summed E-state index contributed by atoms with van der Waals surface area (Å²) in [6.07, 6.45) is 1.06. The summed E-state index contributed by atoms with van der Waals surface area (Å²) < 4.78 is 1.14. The molecule has 0 spiro atoms. The Bertz CT molecular complexity index is 597. The number of hydrogen-bond acceptors (Lipinski definition) is 2. The Balaban J connectivity index is 1.85. The first-order chi connectivity index (χ1) is 9.78. The van der Waals surface area contributed by atoms with Gasteiger partial charge in [-0.15, -0.1) is 0 Å². The molecule has 2 aromatic carbocycles. The topological polar surface area (TPSA) is 29.3 Å². The highest BCUT2D eigenvalue weighted by Crippen LogP contribution is 2.38. The van der Waals surface area contributed by atoms with E-state index in [4.69, 9.17) is 5.73 Å². The average molecular weight is 331 g/mol. The van der Waals surface area contributed by atoms with E-state index in [1.54, 1.807) is 0 Å². The summed E-state index contributed by atoms with van der Waals surface area (Å²) in [5.74, 6) is 0.573. The number of nitrogens with zero attached hydrogens (tertiary/aromatic N) is 1. The van der Waals surface area contributed by atoms with E-state index < -0.39 is 0 Å². The number of fused-ring (bicyclic) bond motifs is 1. The first-order valence-electron chi connectivity index (χ1n) is 7.06. The fourth-order valence-corrected chi connectivity index (χ4v) is 3.48. The molecule has 3 heteroatoms. The van der Waals surface area contributed by atoms with E-state index >= 15 is 0 Å². The number of hydrogen-bond donors (Lipinski definition) is 1. The lowest BCUT2D eigenvalue weighted by atomic mass is 9.98. The van der Waals surface area contributed by atoms with Gasteiger partial charge in [0.15, 0.2) is 0 Å². The molecule has 2 aromatic rings. The number of nitrogens with two attached hydrogens (primary N) is 1. The largest absolute Gasteiger partial charge is 0.366 e. The summed E-state index contributed by atoms with van der Waals surface area (Å²) in [6.45, 7) is 2.78. The van der Waals surface area contributed by atoms with Gasteiger partial charge in [-0.1, -0.05) is 46.3 Å². The number of benzene rings is 2. The third-order valence-corrected chi connectivity index (χ3v) is 4.43. The van der Waals surface area contributed by atoms with Crippen molar-refractivity contribution in [2.24, 2.45) is 5.73 Å². The van der Waals surface area contributed by atoms with Crippen LogP contribution in [0.1, 0.15) is 23.5 Å². The smallest absolute Gasteiger partial charge is 0.0430 e. The second-order valence-electron chi connectivity index (χ2n) is 5.34. The van der Waals surface area contributed by atoms with Gasteiger partial charge in [-0.05, 0) is 42.3 Å². The first kappa shape index (κ1) is 13.7. The quantitative estimate of drug-likeness (QED) is 0.921. The zero-order valence-corrected chi connectivity index (χ0v) is 13.0. The second kappa shape index (κ2) is 5.98. The molecule has 0 radical (unpaired) electrons. The first-order valence-corrected chi connectivity index (χ1v) is 7.85. The number of para-hydroxylation sites is 1. The van der Waals surface area contributed by atoms with E-state index in [0.29, 0.717) is 5.92 Å². The van der Waals surface area contributed by atoms with Crippen molar-refractivity contribution in [2.75, 3.05) is 18.0 Å². The van der Waals surface area contributed by atoms with Crippen LogP contribution in [0.3, 0.4) is 0 Å². The molecule has 3 rings (SSSR count). The van der Waals surface area contributed by atoms with Crippen LogP contribution in [0.5, 0.6) is 0 Å². The highest BCUT2D eigenvalue weighted by atomic mass is 79.9. The van der Waals surface area contributed by atoms with Gasteiger partial charge in [-0.2, -0.15) is 0 Å². The van der Waals surface area contributed by atoms with E-state index in [9.17, 15) is 0 Å². The van der Waals surface area contributed by atoms with Gasteiger partial charge in [0.25, 0.3) is 0 Å². The van der Waals surface area contributed by atoms with Crippen molar-refractivity contribution in [1.82, 2.24) is 0 Å². The number of halogens is 1. The number of anilines is 1. The van der Waals surface area contributed by atoms with Crippen LogP contribution in [0.25, 0.3) is 0 Å². The molecule has 0 aromatic heterocycles. The maximum Gasteiger partial charge on any atom is 0.0430 e. The van der Waals surface area contributed by atoms with Gasteiger partial charge in [0.05, 0.1) is 0 Å². The molecule has 104 valence electrons. The van der Waals surface area contributed by atoms with Crippen LogP contribution in [-0.2, 0) is 6.54 Å². The summed E-state index contributed by atoms with van der Waals surface area (Å²) in [7, 11) is 0. The Labute approximate surface area is 128 Å². The second-order valence-corrected chi connectivity index (χ2v) is 6.26. The molecular weight excluding hydrogens is 312 g/mol. The average Bonchev–Trinajstić information content (AvgIpc) is 2.78. The van der Waals surface area contributed by atoms with Crippen LogP contribution < -0.4 is 10.6 Å². The minimum Gasteiger partial charge on any atom is -0.366 e. The van der Waals surface area contributed by atoms with E-state index in [0.717, 1.165) is 30.5 Å². The van der Waals surface area contributed by atoms with Gasteiger partial charge in [0, 0.05) is 29.2 Å². The lowest BCUT2D eigenvalue weighted by molar-refractivity contribution is 0.644. The Kier molecular flexibility index (Phi) is 4.08. The van der Waals surface area contributed by atoms with E-state index in [2.05, 4.69) is 69.4 Å². The highest BCUT2D eigenvalue weighted by molar-refractivity contribution is 9.10. The zero-order valence-electron chi connectivity index (χ0n) is 11.4. The van der Waals surface area contributed by atoms with Gasteiger partial charge < -0.3 is 10.6 Å². The molecule has 2 N–H and O–H groups in total. The van der Waals surface area contributed by atoms with Gasteiger partial charge in [0.1, 0.15) is 0 Å². The number of rotatable bonds is 4. The van der Waals surface area contributed by atoms with Crippen LogP contribution in [-0.4, -0.2) is 13.1 Å². The van der Waals surface area contributed by atoms with Crippen molar-refractivity contribution < 1.29 is 0 Å². The van der Waals surface area contributed by atoms with Crippen LogP contribution >= 0.6 is 15.9 Å². The van der Waals surface area contributed by atoms with Crippen LogP contribution in [0.4, 0.5) is 5.69 Å². The van der Waals surface area contributed by atoms with Crippen molar-refractivity contribution in [2.45, 2.75) is 18.9 Å². The Morgan fingerprint density at radius 1 is 1.15 bits per heavy atom. The molecule has 0 saturated heterocycles. The normalized spacial score (nSPS) is 17.3. The third-order valence-electron chi connectivity index (χ3n) is 3.94. The molecule has 1 aliphatic rings. The maximum absolute atomic E-state index is 5.76. The van der Waals surface area contributed by atoms with E-state index in [-0.39, 0.29) is 0 Å². The molecule has 0 bridgehead atoms. The zero-order chi connectivity index (χ0) is 13.9. The van der Waals surface area contributed by atoms with Crippen molar-refractivity contribution in [1.29, 1.82) is 0 Å². The molecular formula is C17H19BrN2. The van der Waals surface area contributed by atoms with Crippen molar-refractivity contribution >= 4 is 21.6 Å². The Hall–Kier alpha value is -1.32. The summed E-state index contributed by atoms with van der Waals surface area (Å²) in [5.41, 5.74) is 9.91.